The molecule has 0 fully saturated rings. The van der Waals surface area contributed by atoms with Crippen molar-refractivity contribution in [2.75, 3.05) is 12.8 Å². The Morgan fingerprint density at radius 1 is 1.67 bits per heavy atom. The van der Waals surface area contributed by atoms with Crippen LogP contribution in [0.3, 0.4) is 0 Å². The highest BCUT2D eigenvalue weighted by atomic mass is 16.5. The Hall–Kier alpha value is -1.03. The van der Waals surface area contributed by atoms with Crippen molar-refractivity contribution in [2.45, 2.75) is 26.4 Å². The fourth-order valence-corrected chi connectivity index (χ4v) is 0.832. The van der Waals surface area contributed by atoms with Crippen LogP contribution in [0.15, 0.2) is 10.6 Å². The number of nitrogens with zero attached hydrogens (tertiary/aromatic N) is 2. The van der Waals surface area contributed by atoms with Gasteiger partial charge in [-0.3, -0.25) is 4.90 Å². The van der Waals surface area contributed by atoms with E-state index in [1.807, 2.05) is 7.05 Å². The van der Waals surface area contributed by atoms with E-state index < -0.39 is 0 Å². The molecule has 12 heavy (non-hydrogen) atoms. The Morgan fingerprint density at radius 2 is 2.33 bits per heavy atom. The largest absolute Gasteiger partial charge is 0.381 e. The fourth-order valence-electron chi connectivity index (χ4n) is 0.832. The van der Waals surface area contributed by atoms with Gasteiger partial charge in [0.1, 0.15) is 0 Å². The van der Waals surface area contributed by atoms with Crippen molar-refractivity contribution < 1.29 is 4.52 Å². The molecular formula is C8H15N3O. The Labute approximate surface area is 72.3 Å². The van der Waals surface area contributed by atoms with E-state index in [9.17, 15) is 0 Å². The second-order valence-corrected chi connectivity index (χ2v) is 3.23. The molecule has 2 N–H and O–H groups in total. The molecule has 0 saturated carbocycles. The normalized spacial score (nSPS) is 11.4. The highest BCUT2D eigenvalue weighted by molar-refractivity contribution is 5.26. The topological polar surface area (TPSA) is 55.3 Å². The van der Waals surface area contributed by atoms with Gasteiger partial charge in [-0.25, -0.2) is 0 Å². The van der Waals surface area contributed by atoms with Crippen LogP contribution in [0.1, 0.15) is 19.6 Å². The van der Waals surface area contributed by atoms with Crippen molar-refractivity contribution >= 4 is 5.82 Å². The Kier molecular flexibility index (Phi) is 2.70. The predicted octanol–water partition coefficient (Wildman–Crippen LogP) is 1.10. The molecule has 0 saturated heterocycles. The number of rotatable bonds is 3. The molecule has 0 atom stereocenters. The maximum atomic E-state index is 5.41. The molecule has 0 unspecified atom stereocenters. The average molecular weight is 169 g/mol. The van der Waals surface area contributed by atoms with Gasteiger partial charge in [-0.15, -0.1) is 0 Å². The van der Waals surface area contributed by atoms with Crippen LogP contribution in [0.25, 0.3) is 0 Å². The monoisotopic (exact) mass is 169 g/mol. The first-order chi connectivity index (χ1) is 5.59. The first kappa shape index (κ1) is 9.06. The summed E-state index contributed by atoms with van der Waals surface area (Å²) in [4.78, 5) is 2.15. The summed E-state index contributed by atoms with van der Waals surface area (Å²) in [6, 6.07) is 2.25. The predicted molar refractivity (Wildman–Crippen MR) is 47.5 cm³/mol. The molecule has 0 amide bonds. The van der Waals surface area contributed by atoms with Crippen molar-refractivity contribution in [1.29, 1.82) is 0 Å². The van der Waals surface area contributed by atoms with Crippen LogP contribution in [0, 0.1) is 0 Å². The standard InChI is InChI=1S/C8H15N3O/c1-6(2)11(3)5-7-4-8(9)10-12-7/h4,6H,5H2,1-3H3,(H2,9,10). The summed E-state index contributed by atoms with van der Waals surface area (Å²) in [7, 11) is 2.03. The van der Waals surface area contributed by atoms with Gasteiger partial charge in [-0.1, -0.05) is 5.16 Å². The van der Waals surface area contributed by atoms with Crippen LogP contribution >= 0.6 is 0 Å². The summed E-state index contributed by atoms with van der Waals surface area (Å²) in [6.07, 6.45) is 0. The molecule has 0 aliphatic rings. The summed E-state index contributed by atoms with van der Waals surface area (Å²) in [5.41, 5.74) is 5.41. The Bertz CT molecular complexity index is 244. The molecule has 0 radical (unpaired) electrons. The van der Waals surface area contributed by atoms with Gasteiger partial charge in [0.15, 0.2) is 11.6 Å². The van der Waals surface area contributed by atoms with Crippen LogP contribution in [0.4, 0.5) is 5.82 Å². The van der Waals surface area contributed by atoms with E-state index in [-0.39, 0.29) is 0 Å². The lowest BCUT2D eigenvalue weighted by atomic mass is 10.3. The van der Waals surface area contributed by atoms with Gasteiger partial charge >= 0.3 is 0 Å². The summed E-state index contributed by atoms with van der Waals surface area (Å²) in [5.74, 6) is 1.26. The SMILES string of the molecule is CC(C)N(C)Cc1cc(N)no1. The quantitative estimate of drug-likeness (QED) is 0.736. The molecule has 4 heteroatoms. The molecule has 68 valence electrons. The van der Waals surface area contributed by atoms with Crippen LogP contribution < -0.4 is 5.73 Å². The van der Waals surface area contributed by atoms with Crippen molar-refractivity contribution in [2.24, 2.45) is 0 Å². The lowest BCUT2D eigenvalue weighted by Gasteiger charge is -2.18. The zero-order valence-corrected chi connectivity index (χ0v) is 7.74. The first-order valence-electron chi connectivity index (χ1n) is 4.01. The molecule has 1 aromatic rings. The molecule has 0 bridgehead atoms. The van der Waals surface area contributed by atoms with Gasteiger partial charge in [0, 0.05) is 12.1 Å². The summed E-state index contributed by atoms with van der Waals surface area (Å²) in [5, 5.41) is 3.61. The van der Waals surface area contributed by atoms with E-state index in [2.05, 4.69) is 23.9 Å². The van der Waals surface area contributed by atoms with Gasteiger partial charge in [0.05, 0.1) is 6.54 Å². The van der Waals surface area contributed by atoms with Gasteiger partial charge in [-0.05, 0) is 20.9 Å². The molecule has 0 spiro atoms. The van der Waals surface area contributed by atoms with E-state index in [0.29, 0.717) is 11.9 Å². The smallest absolute Gasteiger partial charge is 0.167 e. The molecular weight excluding hydrogens is 154 g/mol. The Morgan fingerprint density at radius 3 is 2.75 bits per heavy atom. The molecule has 1 aromatic heterocycles. The zero-order valence-electron chi connectivity index (χ0n) is 7.74. The second kappa shape index (κ2) is 3.58. The highest BCUT2D eigenvalue weighted by Gasteiger charge is 2.07. The van der Waals surface area contributed by atoms with Crippen LogP contribution in [-0.4, -0.2) is 23.1 Å². The molecule has 4 nitrogen and oxygen atoms in total. The van der Waals surface area contributed by atoms with E-state index >= 15 is 0 Å². The van der Waals surface area contributed by atoms with Crippen molar-refractivity contribution in [3.8, 4) is 0 Å². The number of nitrogen functional groups attached to an aromatic ring is 1. The Balaban J connectivity index is 2.52. The number of anilines is 1. The first-order valence-corrected chi connectivity index (χ1v) is 4.01. The lowest BCUT2D eigenvalue weighted by molar-refractivity contribution is 0.231. The maximum Gasteiger partial charge on any atom is 0.167 e. The summed E-state index contributed by atoms with van der Waals surface area (Å²) < 4.78 is 4.97. The summed E-state index contributed by atoms with van der Waals surface area (Å²) in [6.45, 7) is 5.00. The van der Waals surface area contributed by atoms with E-state index in [4.69, 9.17) is 10.3 Å². The number of aromatic nitrogens is 1. The lowest BCUT2D eigenvalue weighted by Crippen LogP contribution is -2.25. The summed E-state index contributed by atoms with van der Waals surface area (Å²) >= 11 is 0. The third-order valence-corrected chi connectivity index (χ3v) is 1.86. The number of hydrogen-bond acceptors (Lipinski definition) is 4. The van der Waals surface area contributed by atoms with Gasteiger partial charge in [-0.2, -0.15) is 0 Å². The van der Waals surface area contributed by atoms with E-state index in [1.54, 1.807) is 6.07 Å². The fraction of sp³-hybridized carbons (Fsp3) is 0.625. The molecule has 0 aliphatic heterocycles. The zero-order chi connectivity index (χ0) is 9.14. The van der Waals surface area contributed by atoms with E-state index in [0.717, 1.165) is 12.3 Å². The molecule has 0 aliphatic carbocycles. The molecule has 0 aromatic carbocycles. The van der Waals surface area contributed by atoms with Crippen LogP contribution in [0.2, 0.25) is 0 Å². The van der Waals surface area contributed by atoms with Gasteiger partial charge in [0.2, 0.25) is 0 Å². The third-order valence-electron chi connectivity index (χ3n) is 1.86. The molecule has 1 rings (SSSR count). The third kappa shape index (κ3) is 2.23. The van der Waals surface area contributed by atoms with E-state index in [1.165, 1.54) is 0 Å². The van der Waals surface area contributed by atoms with Crippen LogP contribution in [-0.2, 0) is 6.54 Å². The van der Waals surface area contributed by atoms with Crippen molar-refractivity contribution in [3.05, 3.63) is 11.8 Å². The maximum absolute atomic E-state index is 5.41. The minimum atomic E-state index is 0.446. The highest BCUT2D eigenvalue weighted by Crippen LogP contribution is 2.08. The number of hydrogen-bond donors (Lipinski definition) is 1. The minimum absolute atomic E-state index is 0.446. The van der Waals surface area contributed by atoms with Gasteiger partial charge in [0.25, 0.3) is 0 Å². The molecule has 1 heterocycles. The number of nitrogens with two attached hydrogens (primary N) is 1. The van der Waals surface area contributed by atoms with Crippen molar-refractivity contribution in [1.82, 2.24) is 10.1 Å². The van der Waals surface area contributed by atoms with Crippen LogP contribution in [0.5, 0.6) is 0 Å². The average Bonchev–Trinajstić information content (AvgIpc) is 2.35. The van der Waals surface area contributed by atoms with Gasteiger partial charge < -0.3 is 10.3 Å². The second-order valence-electron chi connectivity index (χ2n) is 3.23. The minimum Gasteiger partial charge on any atom is -0.381 e. The van der Waals surface area contributed by atoms with Crippen molar-refractivity contribution in [3.63, 3.8) is 0 Å².